The average Bonchev–Trinajstić information content (AvgIpc) is 2.83. The summed E-state index contributed by atoms with van der Waals surface area (Å²) in [5.74, 6) is 0.484. The molecule has 1 amide bonds. The van der Waals surface area contributed by atoms with Gasteiger partial charge in [-0.05, 0) is 43.9 Å². The molecule has 1 heterocycles. The van der Waals surface area contributed by atoms with Crippen molar-refractivity contribution in [3.63, 3.8) is 0 Å². The molecule has 0 aliphatic heterocycles. The highest BCUT2D eigenvalue weighted by molar-refractivity contribution is 7.98. The third kappa shape index (κ3) is 5.93. The molecule has 0 fully saturated rings. The van der Waals surface area contributed by atoms with Gasteiger partial charge in [-0.25, -0.2) is 4.98 Å². The van der Waals surface area contributed by atoms with E-state index >= 15 is 0 Å². The molecule has 2 aromatic carbocycles. The lowest BCUT2D eigenvalue weighted by Gasteiger charge is -2.16. The Morgan fingerprint density at radius 3 is 2.64 bits per heavy atom. The van der Waals surface area contributed by atoms with Gasteiger partial charge in [-0.2, -0.15) is 5.26 Å². The Labute approximate surface area is 196 Å². The van der Waals surface area contributed by atoms with Crippen LogP contribution in [0.2, 0.25) is 0 Å². The summed E-state index contributed by atoms with van der Waals surface area (Å²) in [5.41, 5.74) is 1.19. The van der Waals surface area contributed by atoms with Crippen molar-refractivity contribution in [3.05, 3.63) is 70.0 Å². The second kappa shape index (κ2) is 11.2. The molecule has 170 valence electrons. The minimum absolute atomic E-state index is 0.0850. The Balaban J connectivity index is 1.80. The third-order valence-electron chi connectivity index (χ3n) is 4.76. The van der Waals surface area contributed by atoms with E-state index < -0.39 is 5.56 Å². The molecular weight excluding hydrogens is 440 g/mol. The molecule has 0 saturated carbocycles. The Morgan fingerprint density at radius 1 is 1.21 bits per heavy atom. The zero-order valence-electron chi connectivity index (χ0n) is 18.5. The lowest BCUT2D eigenvalue weighted by molar-refractivity contribution is -0.123. The monoisotopic (exact) mass is 464 g/mol. The maximum atomic E-state index is 12.4. The molecule has 3 aromatic rings. The number of aromatic amines is 1. The summed E-state index contributed by atoms with van der Waals surface area (Å²) >= 11 is 1.27. The molecule has 33 heavy (non-hydrogen) atoms. The van der Waals surface area contributed by atoms with E-state index in [1.54, 1.807) is 24.5 Å². The Kier molecular flexibility index (Phi) is 8.11. The maximum Gasteiger partial charge on any atom is 0.270 e. The van der Waals surface area contributed by atoms with E-state index in [9.17, 15) is 14.9 Å². The molecule has 2 N–H and O–H groups in total. The van der Waals surface area contributed by atoms with Gasteiger partial charge in [-0.1, -0.05) is 42.1 Å². The van der Waals surface area contributed by atoms with Gasteiger partial charge >= 0.3 is 0 Å². The van der Waals surface area contributed by atoms with E-state index in [0.29, 0.717) is 28.8 Å². The fourth-order valence-corrected chi connectivity index (χ4v) is 3.53. The summed E-state index contributed by atoms with van der Waals surface area (Å²) in [4.78, 5) is 31.6. The first-order chi connectivity index (χ1) is 16.0. The van der Waals surface area contributed by atoms with E-state index in [0.717, 1.165) is 5.56 Å². The molecule has 1 aromatic heterocycles. The number of nitrogens with zero attached hydrogens (tertiary/aromatic N) is 2. The molecule has 0 aliphatic rings. The van der Waals surface area contributed by atoms with E-state index in [-0.39, 0.29) is 29.8 Å². The van der Waals surface area contributed by atoms with E-state index in [4.69, 9.17) is 9.47 Å². The lowest BCUT2D eigenvalue weighted by atomic mass is 10.1. The van der Waals surface area contributed by atoms with Crippen LogP contribution in [0.1, 0.15) is 31.0 Å². The maximum absolute atomic E-state index is 12.4. The fraction of sp³-hybridized carbons (Fsp3) is 0.250. The van der Waals surface area contributed by atoms with Crippen molar-refractivity contribution in [1.29, 1.82) is 5.26 Å². The van der Waals surface area contributed by atoms with Crippen LogP contribution in [-0.2, 0) is 4.79 Å². The first-order valence-electron chi connectivity index (χ1n) is 10.3. The second-order valence-corrected chi connectivity index (χ2v) is 7.79. The normalized spacial score (nSPS) is 11.3. The molecular formula is C24H24N4O4S. The number of aromatic nitrogens is 2. The number of H-pyrrole nitrogens is 1. The van der Waals surface area contributed by atoms with Crippen LogP contribution in [0.4, 0.5) is 0 Å². The van der Waals surface area contributed by atoms with Crippen LogP contribution in [0.3, 0.4) is 0 Å². The molecule has 0 saturated heterocycles. The van der Waals surface area contributed by atoms with Crippen molar-refractivity contribution < 1.29 is 14.3 Å². The smallest absolute Gasteiger partial charge is 0.270 e. The van der Waals surface area contributed by atoms with Crippen molar-refractivity contribution in [1.82, 2.24) is 15.3 Å². The number of rotatable bonds is 9. The number of thioether (sulfide) groups is 1. The number of nitrogens with one attached hydrogen (secondary N) is 2. The molecule has 3 rings (SSSR count). The molecule has 8 nitrogen and oxygen atoms in total. The van der Waals surface area contributed by atoms with Crippen LogP contribution in [0, 0.1) is 11.3 Å². The molecule has 0 bridgehead atoms. The molecule has 1 atom stereocenters. The van der Waals surface area contributed by atoms with Gasteiger partial charge in [-0.3, -0.25) is 9.59 Å². The van der Waals surface area contributed by atoms with Gasteiger partial charge in [0.2, 0.25) is 0 Å². The number of carbonyl (C=O) groups is 1. The minimum atomic E-state index is -0.505. The van der Waals surface area contributed by atoms with Crippen LogP contribution in [0.15, 0.2) is 58.5 Å². The average molecular weight is 465 g/mol. The quantitative estimate of drug-likeness (QED) is 0.366. The zero-order valence-corrected chi connectivity index (χ0v) is 19.4. The van der Waals surface area contributed by atoms with Crippen molar-refractivity contribution in [2.45, 2.75) is 25.0 Å². The standard InChI is InChI=1S/C24H24N4O4S/c1-4-31-20-12-17(22-18(13-25)23(30)28-24(27-22)33-3)10-11-19(20)32-14-21(29)26-15(2)16-8-6-5-7-9-16/h5-12,15H,4,14H2,1-3H3,(H,26,29)(H,27,28,30). The predicted molar refractivity (Wildman–Crippen MR) is 126 cm³/mol. The van der Waals surface area contributed by atoms with Crippen molar-refractivity contribution >= 4 is 17.7 Å². The van der Waals surface area contributed by atoms with Gasteiger partial charge in [0.1, 0.15) is 11.6 Å². The van der Waals surface area contributed by atoms with Crippen molar-refractivity contribution in [2.75, 3.05) is 19.5 Å². The highest BCUT2D eigenvalue weighted by Crippen LogP contribution is 2.33. The van der Waals surface area contributed by atoms with Gasteiger partial charge in [-0.15, -0.1) is 0 Å². The topological polar surface area (TPSA) is 117 Å². The fourth-order valence-electron chi connectivity index (χ4n) is 3.16. The summed E-state index contributed by atoms with van der Waals surface area (Å²) in [6.07, 6.45) is 1.78. The Morgan fingerprint density at radius 2 is 1.97 bits per heavy atom. The lowest BCUT2D eigenvalue weighted by Crippen LogP contribution is -2.31. The van der Waals surface area contributed by atoms with Crippen LogP contribution < -0.4 is 20.3 Å². The minimum Gasteiger partial charge on any atom is -0.490 e. The number of benzene rings is 2. The Hall–Kier alpha value is -3.77. The van der Waals surface area contributed by atoms with Crippen molar-refractivity contribution in [2.24, 2.45) is 0 Å². The molecule has 0 radical (unpaired) electrons. The third-order valence-corrected chi connectivity index (χ3v) is 5.34. The summed E-state index contributed by atoms with van der Waals surface area (Å²) in [7, 11) is 0. The molecule has 1 unspecified atom stereocenters. The molecule has 0 aliphatic carbocycles. The number of hydrogen-bond donors (Lipinski definition) is 2. The Bertz CT molecular complexity index is 1220. The number of ether oxygens (including phenoxy) is 2. The predicted octanol–water partition coefficient (Wildman–Crippen LogP) is 3.69. The molecule has 0 spiro atoms. The van der Waals surface area contributed by atoms with E-state index in [2.05, 4.69) is 15.3 Å². The van der Waals surface area contributed by atoms with Crippen LogP contribution in [0.5, 0.6) is 11.5 Å². The summed E-state index contributed by atoms with van der Waals surface area (Å²) < 4.78 is 11.4. The van der Waals surface area contributed by atoms with E-state index in [1.807, 2.05) is 50.2 Å². The van der Waals surface area contributed by atoms with E-state index in [1.165, 1.54) is 11.8 Å². The summed E-state index contributed by atoms with van der Waals surface area (Å²) in [5, 5.41) is 12.7. The number of nitriles is 1. The van der Waals surface area contributed by atoms with Gasteiger partial charge in [0, 0.05) is 5.56 Å². The molecule has 9 heteroatoms. The zero-order chi connectivity index (χ0) is 23.8. The van der Waals surface area contributed by atoms with Crippen LogP contribution in [-0.4, -0.2) is 35.3 Å². The summed E-state index contributed by atoms with van der Waals surface area (Å²) in [6, 6.07) is 16.4. The van der Waals surface area contributed by atoms with Gasteiger partial charge in [0.25, 0.3) is 11.5 Å². The van der Waals surface area contributed by atoms with Gasteiger partial charge in [0.15, 0.2) is 23.3 Å². The SMILES string of the molecule is CCOc1cc(-c2nc(SC)[nH]c(=O)c2C#N)ccc1OCC(=O)NC(C)c1ccccc1. The number of hydrogen-bond acceptors (Lipinski definition) is 7. The first-order valence-corrected chi connectivity index (χ1v) is 11.5. The van der Waals surface area contributed by atoms with Crippen LogP contribution >= 0.6 is 11.8 Å². The number of amides is 1. The van der Waals surface area contributed by atoms with Crippen molar-refractivity contribution in [3.8, 4) is 28.8 Å². The second-order valence-electron chi connectivity index (χ2n) is 6.99. The largest absolute Gasteiger partial charge is 0.490 e. The van der Waals surface area contributed by atoms with Crippen LogP contribution in [0.25, 0.3) is 11.3 Å². The highest BCUT2D eigenvalue weighted by Gasteiger charge is 2.17. The highest BCUT2D eigenvalue weighted by atomic mass is 32.2. The first kappa shape index (κ1) is 23.9. The summed E-state index contributed by atoms with van der Waals surface area (Å²) in [6.45, 7) is 3.89. The van der Waals surface area contributed by atoms with Gasteiger partial charge in [0.05, 0.1) is 18.3 Å². The number of carbonyl (C=O) groups excluding carboxylic acids is 1. The van der Waals surface area contributed by atoms with Gasteiger partial charge < -0.3 is 19.8 Å².